The van der Waals surface area contributed by atoms with Crippen LogP contribution in [0.1, 0.15) is 18.9 Å². The molecule has 1 aliphatic rings. The number of ether oxygens (including phenoxy) is 1. The van der Waals surface area contributed by atoms with E-state index < -0.39 is 4.92 Å². The highest BCUT2D eigenvalue weighted by atomic mass is 16.6. The van der Waals surface area contributed by atoms with Crippen LogP contribution in [0.5, 0.6) is 0 Å². The van der Waals surface area contributed by atoms with Gasteiger partial charge in [-0.1, -0.05) is 24.6 Å². The minimum Gasteiger partial charge on any atom is -0.466 e. The van der Waals surface area contributed by atoms with E-state index in [1.807, 2.05) is 0 Å². The van der Waals surface area contributed by atoms with Gasteiger partial charge in [0, 0.05) is 24.1 Å². The Labute approximate surface area is 111 Å². The molecular weight excluding hydrogens is 246 g/mol. The molecule has 2 rings (SSSR count). The molecule has 5 heteroatoms. The Balaban J connectivity index is 2.19. The molecule has 5 nitrogen and oxygen atoms in total. The van der Waals surface area contributed by atoms with Gasteiger partial charge in [0.2, 0.25) is 0 Å². The fourth-order valence-electron chi connectivity index (χ4n) is 2.07. The van der Waals surface area contributed by atoms with Crippen molar-refractivity contribution in [3.05, 3.63) is 51.1 Å². The predicted octanol–water partition coefficient (Wildman–Crippen LogP) is 2.65. The first-order valence-electron chi connectivity index (χ1n) is 6.06. The Morgan fingerprint density at radius 2 is 2.00 bits per heavy atom. The molecular formula is C14H15NO4. The summed E-state index contributed by atoms with van der Waals surface area (Å²) in [5, 5.41) is 10.6. The first kappa shape index (κ1) is 13.3. The number of benzene rings is 1. The lowest BCUT2D eigenvalue weighted by Crippen LogP contribution is -2.08. The van der Waals surface area contributed by atoms with E-state index in [1.54, 1.807) is 12.1 Å². The van der Waals surface area contributed by atoms with Crippen LogP contribution >= 0.6 is 0 Å². The molecule has 0 bridgehead atoms. The summed E-state index contributed by atoms with van der Waals surface area (Å²) in [6.45, 7) is 2.06. The maximum atomic E-state index is 11.7. The van der Waals surface area contributed by atoms with Gasteiger partial charge in [-0.05, 0) is 17.9 Å². The third-order valence-electron chi connectivity index (χ3n) is 3.31. The van der Waals surface area contributed by atoms with Gasteiger partial charge in [-0.15, -0.1) is 0 Å². The number of hydrogen-bond donors (Lipinski definition) is 0. The van der Waals surface area contributed by atoms with Crippen LogP contribution in [0.25, 0.3) is 0 Å². The summed E-state index contributed by atoms with van der Waals surface area (Å²) in [7, 11) is 1.37. The van der Waals surface area contributed by atoms with Gasteiger partial charge in [-0.3, -0.25) is 10.1 Å². The van der Waals surface area contributed by atoms with Crippen LogP contribution in [0, 0.1) is 16.0 Å². The summed E-state index contributed by atoms with van der Waals surface area (Å²) in [6.07, 6.45) is 1.39. The van der Waals surface area contributed by atoms with Gasteiger partial charge in [-0.2, -0.15) is 0 Å². The van der Waals surface area contributed by atoms with Crippen molar-refractivity contribution >= 4 is 11.7 Å². The summed E-state index contributed by atoms with van der Waals surface area (Å²) < 4.78 is 4.79. The third kappa shape index (κ3) is 2.99. The minimum atomic E-state index is -0.438. The zero-order valence-corrected chi connectivity index (χ0v) is 10.9. The van der Waals surface area contributed by atoms with Gasteiger partial charge < -0.3 is 4.74 Å². The quantitative estimate of drug-likeness (QED) is 0.361. The van der Waals surface area contributed by atoms with Crippen LogP contribution in [0.4, 0.5) is 5.69 Å². The van der Waals surface area contributed by atoms with Gasteiger partial charge in [0.1, 0.15) is 0 Å². The molecule has 1 aromatic carbocycles. The number of esters is 1. The number of nitrogens with zero attached hydrogens (tertiary/aromatic N) is 1. The Kier molecular flexibility index (Phi) is 3.64. The van der Waals surface area contributed by atoms with E-state index in [9.17, 15) is 14.9 Å². The number of rotatable bonds is 4. The second-order valence-electron chi connectivity index (χ2n) is 4.70. The lowest BCUT2D eigenvalue weighted by Gasteiger charge is -2.05. The summed E-state index contributed by atoms with van der Waals surface area (Å²) in [6, 6.07) is 6.25. The highest BCUT2D eigenvalue weighted by molar-refractivity contribution is 5.90. The molecule has 0 heterocycles. The number of carbonyl (C=O) groups excluding carboxylic acids is 1. The molecule has 1 saturated carbocycles. The number of nitro benzene ring substituents is 1. The smallest absolute Gasteiger partial charge is 0.334 e. The zero-order valence-electron chi connectivity index (χ0n) is 10.9. The SMILES string of the molecule is COC(=O)/C(Cc1ccc([N+](=O)[O-])cc1)=C1\CC1C. The van der Waals surface area contributed by atoms with Crippen LogP contribution in [-0.2, 0) is 16.0 Å². The topological polar surface area (TPSA) is 69.4 Å². The molecule has 0 amide bonds. The molecule has 1 aromatic rings. The molecule has 100 valence electrons. The second kappa shape index (κ2) is 5.22. The number of nitro groups is 1. The van der Waals surface area contributed by atoms with Crippen molar-refractivity contribution in [1.29, 1.82) is 0 Å². The molecule has 0 spiro atoms. The van der Waals surface area contributed by atoms with Crippen LogP contribution < -0.4 is 0 Å². The van der Waals surface area contributed by atoms with Crippen molar-refractivity contribution in [2.75, 3.05) is 7.11 Å². The molecule has 1 fully saturated rings. The highest BCUT2D eigenvalue weighted by Gasteiger charge is 2.31. The fraction of sp³-hybridized carbons (Fsp3) is 0.357. The summed E-state index contributed by atoms with van der Waals surface area (Å²) in [4.78, 5) is 21.9. The van der Waals surface area contributed by atoms with E-state index in [1.165, 1.54) is 19.2 Å². The Morgan fingerprint density at radius 1 is 1.42 bits per heavy atom. The monoisotopic (exact) mass is 261 g/mol. The van der Waals surface area contributed by atoms with Crippen molar-refractivity contribution in [3.63, 3.8) is 0 Å². The van der Waals surface area contributed by atoms with Gasteiger partial charge in [0.15, 0.2) is 0 Å². The summed E-state index contributed by atoms with van der Waals surface area (Å²) >= 11 is 0. The van der Waals surface area contributed by atoms with Gasteiger partial charge in [0.05, 0.1) is 12.0 Å². The van der Waals surface area contributed by atoms with Crippen molar-refractivity contribution < 1.29 is 14.5 Å². The first-order valence-corrected chi connectivity index (χ1v) is 6.06. The van der Waals surface area contributed by atoms with Gasteiger partial charge in [0.25, 0.3) is 5.69 Å². The molecule has 1 aliphatic carbocycles. The van der Waals surface area contributed by atoms with Crippen molar-refractivity contribution in [3.8, 4) is 0 Å². The minimum absolute atomic E-state index is 0.0517. The van der Waals surface area contributed by atoms with Gasteiger partial charge >= 0.3 is 5.97 Å². The number of hydrogen-bond acceptors (Lipinski definition) is 4. The molecule has 0 radical (unpaired) electrons. The van der Waals surface area contributed by atoms with E-state index in [0.29, 0.717) is 17.9 Å². The lowest BCUT2D eigenvalue weighted by molar-refractivity contribution is -0.384. The summed E-state index contributed by atoms with van der Waals surface area (Å²) in [5.41, 5.74) is 2.74. The van der Waals surface area contributed by atoms with Crippen molar-refractivity contribution in [1.82, 2.24) is 0 Å². The maximum Gasteiger partial charge on any atom is 0.334 e. The largest absolute Gasteiger partial charge is 0.466 e. The van der Waals surface area contributed by atoms with Crippen LogP contribution in [0.15, 0.2) is 35.4 Å². The third-order valence-corrected chi connectivity index (χ3v) is 3.31. The number of non-ortho nitro benzene ring substituents is 1. The molecule has 0 saturated heterocycles. The van der Waals surface area contributed by atoms with Gasteiger partial charge in [-0.25, -0.2) is 4.79 Å². The van der Waals surface area contributed by atoms with E-state index in [-0.39, 0.29) is 11.7 Å². The molecule has 1 unspecified atom stereocenters. The molecule has 19 heavy (non-hydrogen) atoms. The average molecular weight is 261 g/mol. The Morgan fingerprint density at radius 3 is 2.42 bits per heavy atom. The summed E-state index contributed by atoms with van der Waals surface area (Å²) in [5.74, 6) is 0.129. The second-order valence-corrected chi connectivity index (χ2v) is 4.70. The lowest BCUT2D eigenvalue weighted by atomic mass is 10.0. The predicted molar refractivity (Wildman–Crippen MR) is 69.6 cm³/mol. The Bertz CT molecular complexity index is 545. The van der Waals surface area contributed by atoms with Crippen LogP contribution in [0.3, 0.4) is 0 Å². The van der Waals surface area contributed by atoms with Crippen LogP contribution in [-0.4, -0.2) is 18.0 Å². The maximum absolute atomic E-state index is 11.7. The number of methoxy groups -OCH3 is 1. The first-order chi connectivity index (χ1) is 9.02. The standard InChI is InChI=1S/C14H15NO4/c1-9-7-12(9)13(14(16)19-2)8-10-3-5-11(6-4-10)15(17)18/h3-6,9H,7-8H2,1-2H3/b13-12+. The molecule has 0 aliphatic heterocycles. The number of carbonyl (C=O) groups is 1. The zero-order chi connectivity index (χ0) is 14.0. The van der Waals surface area contributed by atoms with Crippen molar-refractivity contribution in [2.45, 2.75) is 19.8 Å². The Hall–Kier alpha value is -2.17. The highest BCUT2D eigenvalue weighted by Crippen LogP contribution is 2.40. The van der Waals surface area contributed by atoms with Crippen molar-refractivity contribution in [2.24, 2.45) is 5.92 Å². The normalized spacial score (nSPS) is 19.8. The van der Waals surface area contributed by atoms with Crippen LogP contribution in [0.2, 0.25) is 0 Å². The van der Waals surface area contributed by atoms with E-state index in [0.717, 1.165) is 17.6 Å². The average Bonchev–Trinajstić information content (AvgIpc) is 3.12. The molecule has 0 N–H and O–H groups in total. The fourth-order valence-corrected chi connectivity index (χ4v) is 2.07. The van der Waals surface area contributed by atoms with E-state index in [4.69, 9.17) is 4.74 Å². The van der Waals surface area contributed by atoms with E-state index >= 15 is 0 Å². The molecule has 1 atom stereocenters. The number of allylic oxidation sites excluding steroid dienone is 1. The van der Waals surface area contributed by atoms with E-state index in [2.05, 4.69) is 6.92 Å². The molecule has 0 aromatic heterocycles.